The second-order valence-corrected chi connectivity index (χ2v) is 15.1. The summed E-state index contributed by atoms with van der Waals surface area (Å²) in [4.78, 5) is 0. The van der Waals surface area contributed by atoms with Crippen LogP contribution in [0.25, 0.3) is 0 Å². The predicted molar refractivity (Wildman–Crippen MR) is 205 cm³/mol. The van der Waals surface area contributed by atoms with Crippen LogP contribution < -0.4 is 20.7 Å². The number of benzene rings is 6. The van der Waals surface area contributed by atoms with E-state index in [9.17, 15) is 0 Å². The van der Waals surface area contributed by atoms with Crippen molar-refractivity contribution in [1.29, 1.82) is 0 Å². The largest absolute Gasteiger partial charge is 0.456 e. The summed E-state index contributed by atoms with van der Waals surface area (Å²) in [6.07, 6.45) is 0. The lowest BCUT2D eigenvalue weighted by molar-refractivity contribution is 0.277. The van der Waals surface area contributed by atoms with Crippen molar-refractivity contribution in [3.63, 3.8) is 0 Å². The monoisotopic (exact) mass is 654 g/mol. The average Bonchev–Trinajstić information content (AvgIpc) is 3.11. The molecule has 1 aliphatic heterocycles. The Hall–Kier alpha value is -4.69. The molecule has 7 rings (SSSR count). The van der Waals surface area contributed by atoms with E-state index in [0.717, 1.165) is 44.1 Å². The van der Waals surface area contributed by atoms with E-state index < -0.39 is 7.14 Å². The first kappa shape index (κ1) is 36.2. The molecule has 0 aliphatic carbocycles. The molecular formula is C44H47O3P. The van der Waals surface area contributed by atoms with E-state index in [0.29, 0.717) is 0 Å². The van der Waals surface area contributed by atoms with Crippen molar-refractivity contribution >= 4 is 23.1 Å². The highest BCUT2D eigenvalue weighted by Crippen LogP contribution is 2.53. The molecule has 0 bridgehead atoms. The van der Waals surface area contributed by atoms with Gasteiger partial charge in [0.25, 0.3) is 0 Å². The smallest absolute Gasteiger partial charge is 0.174 e. The highest BCUT2D eigenvalue weighted by atomic mass is 31.2. The number of hydrogen-bond donors (Lipinski definition) is 0. The molecule has 0 spiro atoms. The number of methoxy groups -OCH3 is 1. The van der Waals surface area contributed by atoms with Crippen LogP contribution >= 0.6 is 7.14 Å². The number of rotatable bonds is 3. The van der Waals surface area contributed by atoms with Crippen LogP contribution in [0.2, 0.25) is 0 Å². The molecule has 6 aromatic rings. The summed E-state index contributed by atoms with van der Waals surface area (Å²) in [6, 6.07) is 52.4. The Labute approximate surface area is 287 Å². The molecule has 0 atom stereocenters. The van der Waals surface area contributed by atoms with Gasteiger partial charge in [0.2, 0.25) is 0 Å². The molecule has 0 fully saturated rings. The van der Waals surface area contributed by atoms with Gasteiger partial charge in [-0.05, 0) is 32.4 Å². The Morgan fingerprint density at radius 2 is 0.875 bits per heavy atom. The SMILES string of the molecule is COC.Cc1cccc2c1Oc1c(cccc1P(=O)(c1ccccc1)c1ccccc1)C2(C)C.Cc1ccccc1.Cc1ccccc1. The summed E-state index contributed by atoms with van der Waals surface area (Å²) in [5.74, 6) is 1.60. The summed E-state index contributed by atoms with van der Waals surface area (Å²) < 4.78 is 25.9. The number of hydrogen-bond acceptors (Lipinski definition) is 3. The molecule has 0 saturated carbocycles. The van der Waals surface area contributed by atoms with Crippen LogP contribution in [0.15, 0.2) is 158 Å². The Morgan fingerprint density at radius 1 is 0.500 bits per heavy atom. The summed E-state index contributed by atoms with van der Waals surface area (Å²) in [5.41, 5.74) is 5.69. The van der Waals surface area contributed by atoms with Gasteiger partial charge in [-0.2, -0.15) is 0 Å². The standard InChI is InChI=1S/C28H25O2P.2C7H8.C2H6O/c1-20-12-10-17-23-26(20)30-27-24(28(23,2)3)18-11-19-25(27)31(29,21-13-6-4-7-14-21)22-15-8-5-9-16-22;2*1-7-5-3-2-4-6-7;1-3-2/h4-19H,1-3H3;2*2-6H,1H3;1-2H3. The summed E-state index contributed by atoms with van der Waals surface area (Å²) in [5, 5.41) is 2.38. The summed E-state index contributed by atoms with van der Waals surface area (Å²) >= 11 is 0. The van der Waals surface area contributed by atoms with Crippen LogP contribution in [0.3, 0.4) is 0 Å². The molecule has 246 valence electrons. The van der Waals surface area contributed by atoms with E-state index >= 15 is 4.57 Å². The van der Waals surface area contributed by atoms with Crippen molar-refractivity contribution < 1.29 is 14.0 Å². The first-order valence-electron chi connectivity index (χ1n) is 16.2. The van der Waals surface area contributed by atoms with Crippen LogP contribution in [0.5, 0.6) is 11.5 Å². The van der Waals surface area contributed by atoms with Gasteiger partial charge in [0.15, 0.2) is 7.14 Å². The Balaban J connectivity index is 0.000000249. The van der Waals surface area contributed by atoms with E-state index in [2.05, 4.69) is 87.9 Å². The highest BCUT2D eigenvalue weighted by molar-refractivity contribution is 7.85. The fourth-order valence-electron chi connectivity index (χ4n) is 5.67. The zero-order valence-corrected chi connectivity index (χ0v) is 30.1. The third kappa shape index (κ3) is 8.42. The zero-order chi connectivity index (χ0) is 34.6. The fourth-order valence-corrected chi connectivity index (χ4v) is 8.46. The van der Waals surface area contributed by atoms with Crippen LogP contribution in [0.1, 0.15) is 41.7 Å². The van der Waals surface area contributed by atoms with E-state index in [-0.39, 0.29) is 5.41 Å². The first-order valence-corrected chi connectivity index (χ1v) is 17.9. The zero-order valence-electron chi connectivity index (χ0n) is 29.2. The Kier molecular flexibility index (Phi) is 12.7. The lowest BCUT2D eigenvalue weighted by atomic mass is 9.75. The predicted octanol–water partition coefficient (Wildman–Crippen LogP) is 10.3. The first-order chi connectivity index (χ1) is 23.1. The maximum absolute atomic E-state index is 15.0. The molecule has 0 amide bonds. The van der Waals surface area contributed by atoms with Crippen molar-refractivity contribution in [3.8, 4) is 11.5 Å². The molecule has 0 N–H and O–H groups in total. The highest BCUT2D eigenvalue weighted by Gasteiger charge is 2.40. The lowest BCUT2D eigenvalue weighted by Crippen LogP contribution is -2.31. The van der Waals surface area contributed by atoms with E-state index in [1.165, 1.54) is 11.1 Å². The molecule has 1 aliphatic rings. The third-order valence-electron chi connectivity index (χ3n) is 8.22. The topological polar surface area (TPSA) is 35.5 Å². The molecule has 0 aromatic heterocycles. The molecule has 1 heterocycles. The van der Waals surface area contributed by atoms with E-state index in [1.807, 2.05) is 109 Å². The van der Waals surface area contributed by atoms with Gasteiger partial charge >= 0.3 is 0 Å². The van der Waals surface area contributed by atoms with Gasteiger partial charge in [0, 0.05) is 41.4 Å². The lowest BCUT2D eigenvalue weighted by Gasteiger charge is -2.37. The van der Waals surface area contributed by atoms with Crippen molar-refractivity contribution in [3.05, 3.63) is 186 Å². The minimum absolute atomic E-state index is 0.261. The van der Waals surface area contributed by atoms with Crippen LogP contribution in [-0.2, 0) is 14.7 Å². The van der Waals surface area contributed by atoms with E-state index in [1.54, 1.807) is 14.2 Å². The summed E-state index contributed by atoms with van der Waals surface area (Å²) in [7, 11) is 0.105. The number of para-hydroxylation sites is 2. The molecule has 0 unspecified atom stereocenters. The average molecular weight is 655 g/mol. The summed E-state index contributed by atoms with van der Waals surface area (Å²) in [6.45, 7) is 10.7. The second kappa shape index (κ2) is 16.9. The normalized spacial score (nSPS) is 12.1. The van der Waals surface area contributed by atoms with Gasteiger partial charge in [-0.1, -0.05) is 177 Å². The van der Waals surface area contributed by atoms with Crippen molar-refractivity contribution in [2.45, 2.75) is 40.0 Å². The van der Waals surface area contributed by atoms with Gasteiger partial charge in [-0.25, -0.2) is 0 Å². The van der Waals surface area contributed by atoms with Crippen LogP contribution in [0.4, 0.5) is 0 Å². The van der Waals surface area contributed by atoms with E-state index in [4.69, 9.17) is 4.74 Å². The molecule has 3 nitrogen and oxygen atoms in total. The van der Waals surface area contributed by atoms with Crippen molar-refractivity contribution in [2.75, 3.05) is 14.2 Å². The van der Waals surface area contributed by atoms with Gasteiger partial charge in [-0.3, -0.25) is 0 Å². The maximum Gasteiger partial charge on any atom is 0.174 e. The maximum atomic E-state index is 15.0. The number of fused-ring (bicyclic) bond motifs is 2. The molecule has 48 heavy (non-hydrogen) atoms. The number of aryl methyl sites for hydroxylation is 3. The van der Waals surface area contributed by atoms with Gasteiger partial charge in [-0.15, -0.1) is 0 Å². The Bertz CT molecular complexity index is 1820. The van der Waals surface area contributed by atoms with Gasteiger partial charge in [0.1, 0.15) is 11.5 Å². The fraction of sp³-hybridized carbons (Fsp3) is 0.182. The molecular weight excluding hydrogens is 607 g/mol. The number of ether oxygens (including phenoxy) is 2. The molecule has 0 radical (unpaired) electrons. The molecule has 4 heteroatoms. The minimum Gasteiger partial charge on any atom is -0.456 e. The van der Waals surface area contributed by atoms with Crippen molar-refractivity contribution in [1.82, 2.24) is 0 Å². The third-order valence-corrected chi connectivity index (χ3v) is 11.3. The minimum atomic E-state index is -3.15. The molecule has 6 aromatic carbocycles. The second-order valence-electron chi connectivity index (χ2n) is 12.3. The Morgan fingerprint density at radius 3 is 1.27 bits per heavy atom. The van der Waals surface area contributed by atoms with Gasteiger partial charge in [0.05, 0.1) is 5.30 Å². The van der Waals surface area contributed by atoms with Crippen LogP contribution in [-0.4, -0.2) is 14.2 Å². The van der Waals surface area contributed by atoms with Crippen LogP contribution in [0, 0.1) is 20.8 Å². The quantitative estimate of drug-likeness (QED) is 0.178. The van der Waals surface area contributed by atoms with Gasteiger partial charge < -0.3 is 14.0 Å². The molecule has 0 saturated heterocycles. The van der Waals surface area contributed by atoms with Crippen molar-refractivity contribution in [2.24, 2.45) is 0 Å².